The van der Waals surface area contributed by atoms with Crippen LogP contribution in [0, 0.1) is 13.8 Å². The molecule has 7 heteroatoms. The van der Waals surface area contributed by atoms with Crippen LogP contribution in [0.3, 0.4) is 0 Å². The van der Waals surface area contributed by atoms with Gasteiger partial charge >= 0.3 is 0 Å². The highest BCUT2D eigenvalue weighted by Crippen LogP contribution is 2.21. The fraction of sp³-hybridized carbons (Fsp3) is 0.278. The molecule has 0 aliphatic rings. The van der Waals surface area contributed by atoms with Crippen LogP contribution in [0.15, 0.2) is 47.4 Å². The van der Waals surface area contributed by atoms with E-state index >= 15 is 0 Å². The summed E-state index contributed by atoms with van der Waals surface area (Å²) < 4.78 is 32.8. The predicted molar refractivity (Wildman–Crippen MR) is 97.3 cm³/mol. The first-order chi connectivity index (χ1) is 11.8. The van der Waals surface area contributed by atoms with E-state index in [9.17, 15) is 13.2 Å². The fourth-order valence-corrected chi connectivity index (χ4v) is 3.40. The van der Waals surface area contributed by atoms with E-state index in [-0.39, 0.29) is 17.4 Å². The van der Waals surface area contributed by atoms with Crippen LogP contribution >= 0.6 is 0 Å². The van der Waals surface area contributed by atoms with E-state index < -0.39 is 10.0 Å². The molecule has 2 aromatic rings. The molecule has 2 N–H and O–H groups in total. The Labute approximate surface area is 148 Å². The van der Waals surface area contributed by atoms with Crippen LogP contribution in [-0.4, -0.2) is 27.5 Å². The first-order valence-corrected chi connectivity index (χ1v) is 9.39. The maximum Gasteiger partial charge on any atom is 0.261 e. The molecular weight excluding hydrogens is 340 g/mol. The van der Waals surface area contributed by atoms with Crippen LogP contribution in [0.4, 0.5) is 5.69 Å². The Kier molecular flexibility index (Phi) is 6.03. The minimum absolute atomic E-state index is 0.110. The molecule has 0 unspecified atom stereocenters. The molecule has 0 aliphatic carbocycles. The molecule has 0 saturated heterocycles. The molecule has 0 atom stereocenters. The summed E-state index contributed by atoms with van der Waals surface area (Å²) in [6, 6.07) is 11.4. The zero-order valence-electron chi connectivity index (χ0n) is 14.5. The van der Waals surface area contributed by atoms with Crippen LogP contribution in [0.2, 0.25) is 0 Å². The van der Waals surface area contributed by atoms with Gasteiger partial charge in [-0.2, -0.15) is 0 Å². The molecule has 134 valence electrons. The average molecular weight is 362 g/mol. The number of rotatable bonds is 7. The Bertz CT molecular complexity index is 826. The summed E-state index contributed by atoms with van der Waals surface area (Å²) in [5, 5.41) is 2.62. The lowest BCUT2D eigenvalue weighted by Crippen LogP contribution is -2.28. The third kappa shape index (κ3) is 5.49. The van der Waals surface area contributed by atoms with E-state index in [2.05, 4.69) is 10.0 Å². The molecule has 0 heterocycles. The van der Waals surface area contributed by atoms with Crippen molar-refractivity contribution >= 4 is 21.6 Å². The van der Waals surface area contributed by atoms with Gasteiger partial charge in [-0.05, 0) is 68.3 Å². The van der Waals surface area contributed by atoms with Gasteiger partial charge in [0.25, 0.3) is 15.9 Å². The van der Waals surface area contributed by atoms with Gasteiger partial charge in [-0.3, -0.25) is 9.52 Å². The number of ether oxygens (including phenoxy) is 1. The highest BCUT2D eigenvalue weighted by molar-refractivity contribution is 7.92. The van der Waals surface area contributed by atoms with Crippen LogP contribution in [0.25, 0.3) is 0 Å². The van der Waals surface area contributed by atoms with Gasteiger partial charge in [-0.15, -0.1) is 0 Å². The monoisotopic (exact) mass is 362 g/mol. The van der Waals surface area contributed by atoms with E-state index in [4.69, 9.17) is 4.74 Å². The summed E-state index contributed by atoms with van der Waals surface area (Å²) in [7, 11) is -3.69. The zero-order chi connectivity index (χ0) is 18.4. The first kappa shape index (κ1) is 18.8. The summed E-state index contributed by atoms with van der Waals surface area (Å²) in [5.41, 5.74) is 2.48. The SMILES string of the molecule is CCNC(=O)COc1ccc(S(=O)(=O)Nc2cc(C)cc(C)c2)cc1. The molecule has 25 heavy (non-hydrogen) atoms. The van der Waals surface area contributed by atoms with Gasteiger partial charge in [0, 0.05) is 12.2 Å². The lowest BCUT2D eigenvalue weighted by Gasteiger charge is -2.11. The van der Waals surface area contributed by atoms with Gasteiger partial charge in [0.1, 0.15) is 5.75 Å². The lowest BCUT2D eigenvalue weighted by atomic mass is 10.1. The van der Waals surface area contributed by atoms with Crippen molar-refractivity contribution in [3.05, 3.63) is 53.6 Å². The molecule has 0 aromatic heterocycles. The number of anilines is 1. The number of amides is 1. The molecule has 0 spiro atoms. The maximum atomic E-state index is 12.5. The second kappa shape index (κ2) is 8.02. The third-order valence-electron chi connectivity index (χ3n) is 3.35. The number of hydrogen-bond acceptors (Lipinski definition) is 4. The normalized spacial score (nSPS) is 11.0. The Morgan fingerprint density at radius 3 is 2.20 bits per heavy atom. The van der Waals surface area contributed by atoms with Crippen LogP contribution in [0.5, 0.6) is 5.75 Å². The summed E-state index contributed by atoms with van der Waals surface area (Å²) in [5.74, 6) is 0.201. The van der Waals surface area contributed by atoms with Crippen molar-refractivity contribution in [3.63, 3.8) is 0 Å². The number of aryl methyl sites for hydroxylation is 2. The summed E-state index contributed by atoms with van der Waals surface area (Å²) in [6.07, 6.45) is 0. The summed E-state index contributed by atoms with van der Waals surface area (Å²) in [6.45, 7) is 6.06. The van der Waals surface area contributed by atoms with E-state index in [1.807, 2.05) is 26.8 Å². The number of hydrogen-bond donors (Lipinski definition) is 2. The predicted octanol–water partition coefficient (Wildman–Crippen LogP) is 2.62. The molecule has 0 fully saturated rings. The molecule has 0 bridgehead atoms. The van der Waals surface area contributed by atoms with E-state index in [1.54, 1.807) is 12.1 Å². The number of likely N-dealkylation sites (N-methyl/N-ethyl adjacent to an activating group) is 1. The van der Waals surface area contributed by atoms with Crippen LogP contribution in [0.1, 0.15) is 18.1 Å². The standard InChI is InChI=1S/C18H22N2O4S/c1-4-19-18(21)12-24-16-5-7-17(8-6-16)25(22,23)20-15-10-13(2)9-14(3)11-15/h5-11,20H,4,12H2,1-3H3,(H,19,21). The highest BCUT2D eigenvalue weighted by Gasteiger charge is 2.14. The molecule has 0 radical (unpaired) electrons. The Morgan fingerprint density at radius 2 is 1.64 bits per heavy atom. The molecule has 6 nitrogen and oxygen atoms in total. The minimum atomic E-state index is -3.69. The molecular formula is C18H22N2O4S. The highest BCUT2D eigenvalue weighted by atomic mass is 32.2. The molecule has 2 aromatic carbocycles. The van der Waals surface area contributed by atoms with Crippen molar-refractivity contribution in [2.75, 3.05) is 17.9 Å². The van der Waals surface area contributed by atoms with Crippen molar-refractivity contribution in [1.29, 1.82) is 0 Å². The number of carbonyl (C=O) groups is 1. The second-order valence-corrected chi connectivity index (χ2v) is 7.38. The third-order valence-corrected chi connectivity index (χ3v) is 4.75. The first-order valence-electron chi connectivity index (χ1n) is 7.91. The van der Waals surface area contributed by atoms with Gasteiger partial charge in [0.05, 0.1) is 4.90 Å². The fourth-order valence-electron chi connectivity index (χ4n) is 2.36. The molecule has 0 saturated carbocycles. The van der Waals surface area contributed by atoms with Crippen LogP contribution in [-0.2, 0) is 14.8 Å². The minimum Gasteiger partial charge on any atom is -0.484 e. The largest absolute Gasteiger partial charge is 0.484 e. The van der Waals surface area contributed by atoms with Gasteiger partial charge < -0.3 is 10.1 Å². The quantitative estimate of drug-likeness (QED) is 0.793. The van der Waals surface area contributed by atoms with Crippen molar-refractivity contribution in [2.24, 2.45) is 0 Å². The van der Waals surface area contributed by atoms with E-state index in [0.29, 0.717) is 18.0 Å². The van der Waals surface area contributed by atoms with E-state index in [1.165, 1.54) is 24.3 Å². The second-order valence-electron chi connectivity index (χ2n) is 5.70. The zero-order valence-corrected chi connectivity index (χ0v) is 15.3. The topological polar surface area (TPSA) is 84.5 Å². The average Bonchev–Trinajstić information content (AvgIpc) is 2.52. The molecule has 1 amide bonds. The van der Waals surface area contributed by atoms with Crippen molar-refractivity contribution in [3.8, 4) is 5.75 Å². The number of carbonyl (C=O) groups excluding carboxylic acids is 1. The van der Waals surface area contributed by atoms with E-state index in [0.717, 1.165) is 11.1 Å². The Balaban J connectivity index is 2.08. The number of sulfonamides is 1. The van der Waals surface area contributed by atoms with Gasteiger partial charge in [-0.25, -0.2) is 8.42 Å². The number of nitrogens with one attached hydrogen (secondary N) is 2. The van der Waals surface area contributed by atoms with Crippen molar-refractivity contribution < 1.29 is 17.9 Å². The molecule has 0 aliphatic heterocycles. The van der Waals surface area contributed by atoms with Gasteiger partial charge in [0.2, 0.25) is 0 Å². The number of benzene rings is 2. The molecule has 2 rings (SSSR count). The summed E-state index contributed by atoms with van der Waals surface area (Å²) in [4.78, 5) is 11.5. The van der Waals surface area contributed by atoms with Crippen molar-refractivity contribution in [2.45, 2.75) is 25.7 Å². The summed E-state index contributed by atoms with van der Waals surface area (Å²) >= 11 is 0. The lowest BCUT2D eigenvalue weighted by molar-refractivity contribution is -0.122. The van der Waals surface area contributed by atoms with Crippen LogP contribution < -0.4 is 14.8 Å². The maximum absolute atomic E-state index is 12.5. The Hall–Kier alpha value is -2.54. The Morgan fingerprint density at radius 1 is 1.04 bits per heavy atom. The van der Waals surface area contributed by atoms with Crippen molar-refractivity contribution in [1.82, 2.24) is 5.32 Å². The van der Waals surface area contributed by atoms with Gasteiger partial charge in [-0.1, -0.05) is 6.07 Å². The van der Waals surface area contributed by atoms with Gasteiger partial charge in [0.15, 0.2) is 6.61 Å². The smallest absolute Gasteiger partial charge is 0.261 e.